The molecule has 0 aliphatic heterocycles. The van der Waals surface area contributed by atoms with Crippen molar-refractivity contribution in [2.45, 2.75) is 27.3 Å². The van der Waals surface area contributed by atoms with Gasteiger partial charge in [-0.05, 0) is 49.2 Å². The number of ether oxygens (including phenoxy) is 1. The lowest BCUT2D eigenvalue weighted by Crippen LogP contribution is -2.19. The maximum atomic E-state index is 13.3. The SMILES string of the molecule is Cc1cc(Oc2cnccc2CNCC(C)C)ccc1F. The van der Waals surface area contributed by atoms with Gasteiger partial charge in [-0.25, -0.2) is 4.39 Å². The number of hydrogen-bond donors (Lipinski definition) is 1. The number of halogens is 1. The van der Waals surface area contributed by atoms with Crippen LogP contribution in [0.4, 0.5) is 4.39 Å². The number of hydrogen-bond acceptors (Lipinski definition) is 3. The smallest absolute Gasteiger partial charge is 0.150 e. The zero-order chi connectivity index (χ0) is 15.2. The Labute approximate surface area is 125 Å². The fraction of sp³-hybridized carbons (Fsp3) is 0.353. The van der Waals surface area contributed by atoms with E-state index in [0.29, 0.717) is 23.0 Å². The van der Waals surface area contributed by atoms with Gasteiger partial charge in [-0.15, -0.1) is 0 Å². The van der Waals surface area contributed by atoms with Gasteiger partial charge in [0.05, 0.1) is 6.20 Å². The molecule has 1 N–H and O–H groups in total. The quantitative estimate of drug-likeness (QED) is 0.870. The number of nitrogens with zero attached hydrogens (tertiary/aromatic N) is 1. The molecule has 112 valence electrons. The Bertz CT molecular complexity index is 599. The molecule has 0 fully saturated rings. The molecule has 2 rings (SSSR count). The van der Waals surface area contributed by atoms with Gasteiger partial charge in [-0.1, -0.05) is 13.8 Å². The summed E-state index contributed by atoms with van der Waals surface area (Å²) < 4.78 is 19.1. The number of aromatic nitrogens is 1. The summed E-state index contributed by atoms with van der Waals surface area (Å²) in [5, 5.41) is 3.38. The molecule has 0 spiro atoms. The first-order chi connectivity index (χ1) is 10.1. The number of aryl methyl sites for hydroxylation is 1. The third-order valence-corrected chi connectivity index (χ3v) is 3.10. The highest BCUT2D eigenvalue weighted by atomic mass is 19.1. The lowest BCUT2D eigenvalue weighted by Gasteiger charge is -2.13. The highest BCUT2D eigenvalue weighted by Gasteiger charge is 2.07. The summed E-state index contributed by atoms with van der Waals surface area (Å²) in [6.45, 7) is 7.71. The first kappa shape index (κ1) is 15.4. The fourth-order valence-corrected chi connectivity index (χ4v) is 1.95. The molecule has 0 radical (unpaired) electrons. The van der Waals surface area contributed by atoms with E-state index in [1.807, 2.05) is 6.07 Å². The average molecular weight is 288 g/mol. The monoisotopic (exact) mass is 288 g/mol. The highest BCUT2D eigenvalue weighted by molar-refractivity contribution is 5.37. The third-order valence-electron chi connectivity index (χ3n) is 3.10. The van der Waals surface area contributed by atoms with Crippen LogP contribution in [0.2, 0.25) is 0 Å². The summed E-state index contributed by atoms with van der Waals surface area (Å²) in [5.74, 6) is 1.68. The summed E-state index contributed by atoms with van der Waals surface area (Å²) in [4.78, 5) is 4.10. The standard InChI is InChI=1S/C17H21FN2O/c1-12(2)9-20-10-14-6-7-19-11-17(14)21-15-4-5-16(18)13(3)8-15/h4-8,11-12,20H,9-10H2,1-3H3. The van der Waals surface area contributed by atoms with Gasteiger partial charge in [0, 0.05) is 18.3 Å². The first-order valence-corrected chi connectivity index (χ1v) is 7.14. The average Bonchev–Trinajstić information content (AvgIpc) is 2.44. The number of nitrogens with one attached hydrogen (secondary N) is 1. The summed E-state index contributed by atoms with van der Waals surface area (Å²) in [6.07, 6.45) is 3.43. The molecule has 0 aliphatic rings. The second-order valence-electron chi connectivity index (χ2n) is 5.52. The van der Waals surface area contributed by atoms with Crippen LogP contribution in [0.3, 0.4) is 0 Å². The van der Waals surface area contributed by atoms with Gasteiger partial charge in [0.2, 0.25) is 0 Å². The Morgan fingerprint density at radius 1 is 1.29 bits per heavy atom. The number of benzene rings is 1. The van der Waals surface area contributed by atoms with Crippen LogP contribution >= 0.6 is 0 Å². The van der Waals surface area contributed by atoms with E-state index in [1.165, 1.54) is 6.07 Å². The molecule has 0 saturated carbocycles. The van der Waals surface area contributed by atoms with Crippen molar-refractivity contribution in [1.29, 1.82) is 0 Å². The van der Waals surface area contributed by atoms with Crippen molar-refractivity contribution in [2.75, 3.05) is 6.54 Å². The number of pyridine rings is 1. The summed E-state index contributed by atoms with van der Waals surface area (Å²) in [6, 6.07) is 6.66. The first-order valence-electron chi connectivity index (χ1n) is 7.14. The molecule has 0 unspecified atom stereocenters. The minimum absolute atomic E-state index is 0.229. The van der Waals surface area contributed by atoms with E-state index < -0.39 is 0 Å². The predicted octanol–water partition coefficient (Wildman–Crippen LogP) is 4.07. The summed E-state index contributed by atoms with van der Waals surface area (Å²) in [7, 11) is 0. The van der Waals surface area contributed by atoms with Crippen LogP contribution in [0.25, 0.3) is 0 Å². The van der Waals surface area contributed by atoms with Crippen molar-refractivity contribution in [2.24, 2.45) is 5.92 Å². The van der Waals surface area contributed by atoms with Crippen molar-refractivity contribution >= 4 is 0 Å². The summed E-state index contributed by atoms with van der Waals surface area (Å²) in [5.41, 5.74) is 1.60. The Hall–Kier alpha value is -1.94. The Balaban J connectivity index is 2.10. The van der Waals surface area contributed by atoms with E-state index in [2.05, 4.69) is 24.1 Å². The fourth-order valence-electron chi connectivity index (χ4n) is 1.95. The van der Waals surface area contributed by atoms with Gasteiger partial charge < -0.3 is 10.1 Å². The molecule has 4 heteroatoms. The normalized spacial score (nSPS) is 10.9. The summed E-state index contributed by atoms with van der Waals surface area (Å²) >= 11 is 0. The minimum Gasteiger partial charge on any atom is -0.455 e. The van der Waals surface area contributed by atoms with Crippen molar-refractivity contribution < 1.29 is 9.13 Å². The van der Waals surface area contributed by atoms with Gasteiger partial charge in [-0.3, -0.25) is 4.98 Å². The lowest BCUT2D eigenvalue weighted by molar-refractivity contribution is 0.464. The second-order valence-corrected chi connectivity index (χ2v) is 5.52. The number of rotatable bonds is 6. The van der Waals surface area contributed by atoms with Gasteiger partial charge in [0.15, 0.2) is 0 Å². The highest BCUT2D eigenvalue weighted by Crippen LogP contribution is 2.25. The molecular formula is C17H21FN2O. The molecule has 1 aromatic carbocycles. The zero-order valence-corrected chi connectivity index (χ0v) is 12.7. The topological polar surface area (TPSA) is 34.1 Å². The molecule has 2 aromatic rings. The maximum Gasteiger partial charge on any atom is 0.150 e. The Kier molecular flexibility index (Phi) is 5.28. The van der Waals surface area contributed by atoms with E-state index >= 15 is 0 Å². The van der Waals surface area contributed by atoms with Gasteiger partial charge in [0.25, 0.3) is 0 Å². The van der Waals surface area contributed by atoms with E-state index in [9.17, 15) is 4.39 Å². The van der Waals surface area contributed by atoms with Crippen molar-refractivity contribution in [1.82, 2.24) is 10.3 Å². The molecule has 21 heavy (non-hydrogen) atoms. The lowest BCUT2D eigenvalue weighted by atomic mass is 10.2. The van der Waals surface area contributed by atoms with Gasteiger partial charge >= 0.3 is 0 Å². The predicted molar refractivity (Wildman–Crippen MR) is 82.0 cm³/mol. The molecule has 0 saturated heterocycles. The van der Waals surface area contributed by atoms with Crippen molar-refractivity contribution in [3.8, 4) is 11.5 Å². The molecule has 1 aromatic heterocycles. The van der Waals surface area contributed by atoms with Crippen molar-refractivity contribution in [3.63, 3.8) is 0 Å². The van der Waals surface area contributed by atoms with E-state index in [1.54, 1.807) is 31.5 Å². The molecular weight excluding hydrogens is 267 g/mol. The molecule has 1 heterocycles. The molecule has 0 amide bonds. The van der Waals surface area contributed by atoms with Crippen LogP contribution in [0.15, 0.2) is 36.7 Å². The van der Waals surface area contributed by atoms with Crippen LogP contribution in [-0.4, -0.2) is 11.5 Å². The largest absolute Gasteiger partial charge is 0.455 e. The van der Waals surface area contributed by atoms with Crippen LogP contribution in [0, 0.1) is 18.7 Å². The maximum absolute atomic E-state index is 13.3. The zero-order valence-electron chi connectivity index (χ0n) is 12.7. The Morgan fingerprint density at radius 2 is 2.10 bits per heavy atom. The molecule has 0 bridgehead atoms. The van der Waals surface area contributed by atoms with E-state index in [-0.39, 0.29) is 5.82 Å². The van der Waals surface area contributed by atoms with E-state index in [4.69, 9.17) is 4.74 Å². The molecule has 0 atom stereocenters. The molecule has 3 nitrogen and oxygen atoms in total. The minimum atomic E-state index is -0.229. The van der Waals surface area contributed by atoms with Crippen LogP contribution in [0.5, 0.6) is 11.5 Å². The van der Waals surface area contributed by atoms with Gasteiger partial charge in [0.1, 0.15) is 17.3 Å². The second kappa shape index (κ2) is 7.18. The third kappa shape index (κ3) is 4.53. The van der Waals surface area contributed by atoms with Crippen LogP contribution < -0.4 is 10.1 Å². The Morgan fingerprint density at radius 3 is 2.81 bits per heavy atom. The van der Waals surface area contributed by atoms with Crippen LogP contribution in [0.1, 0.15) is 25.0 Å². The van der Waals surface area contributed by atoms with E-state index in [0.717, 1.165) is 18.7 Å². The van der Waals surface area contributed by atoms with Crippen molar-refractivity contribution in [3.05, 3.63) is 53.6 Å². The van der Waals surface area contributed by atoms with Gasteiger partial charge in [-0.2, -0.15) is 0 Å². The molecule has 0 aliphatic carbocycles. The van der Waals surface area contributed by atoms with Crippen LogP contribution in [-0.2, 0) is 6.54 Å².